The van der Waals surface area contributed by atoms with Gasteiger partial charge in [-0.25, -0.2) is 9.07 Å². The minimum atomic E-state index is -0.368. The van der Waals surface area contributed by atoms with Gasteiger partial charge in [0.2, 0.25) is 5.91 Å². The third kappa shape index (κ3) is 5.17. The normalized spacial score (nSPS) is 10.6. The number of carbonyl (C=O) groups excluding carboxylic acids is 1. The molecule has 1 amide bonds. The van der Waals surface area contributed by atoms with Gasteiger partial charge in [0.25, 0.3) is 0 Å². The minimum absolute atomic E-state index is 0.0606. The lowest BCUT2D eigenvalue weighted by molar-refractivity contribution is -0.121. The quantitative estimate of drug-likeness (QED) is 0.675. The van der Waals surface area contributed by atoms with Gasteiger partial charge in [0.15, 0.2) is 0 Å². The summed E-state index contributed by atoms with van der Waals surface area (Å²) in [7, 11) is 0. The van der Waals surface area contributed by atoms with Crippen molar-refractivity contribution in [1.29, 1.82) is 0 Å². The van der Waals surface area contributed by atoms with Crippen molar-refractivity contribution in [3.05, 3.63) is 66.1 Å². The van der Waals surface area contributed by atoms with E-state index in [1.165, 1.54) is 16.8 Å². The summed E-state index contributed by atoms with van der Waals surface area (Å²) in [5.74, 6) is 0.685. The van der Waals surface area contributed by atoms with Crippen molar-refractivity contribution in [3.63, 3.8) is 0 Å². The number of furan rings is 1. The van der Waals surface area contributed by atoms with Gasteiger partial charge in [-0.05, 0) is 24.3 Å². The molecule has 1 aromatic carbocycles. The number of amides is 1. The predicted octanol–water partition coefficient (Wildman–Crippen LogP) is 1.95. The summed E-state index contributed by atoms with van der Waals surface area (Å²) in [6, 6.07) is 9.51. The smallest absolute Gasteiger partial charge is 0.241 e. The average Bonchev–Trinajstić information content (AvgIpc) is 3.25. The third-order valence-corrected chi connectivity index (χ3v) is 3.35. The Kier molecular flexibility index (Phi) is 5.40. The van der Waals surface area contributed by atoms with Crippen molar-refractivity contribution in [1.82, 2.24) is 20.3 Å². The van der Waals surface area contributed by atoms with E-state index in [1.54, 1.807) is 30.7 Å². The van der Waals surface area contributed by atoms with E-state index >= 15 is 0 Å². The van der Waals surface area contributed by atoms with Crippen LogP contribution in [0.4, 0.5) is 4.39 Å². The van der Waals surface area contributed by atoms with Crippen LogP contribution in [-0.4, -0.2) is 27.4 Å². The monoisotopic (exact) mass is 344 g/mol. The van der Waals surface area contributed by atoms with Crippen molar-refractivity contribution < 1.29 is 18.3 Å². The number of benzene rings is 1. The Hall–Kier alpha value is -3.16. The second-order valence-electron chi connectivity index (χ2n) is 5.33. The second kappa shape index (κ2) is 8.09. The van der Waals surface area contributed by atoms with Gasteiger partial charge in [-0.2, -0.15) is 0 Å². The Morgan fingerprint density at radius 2 is 2.24 bits per heavy atom. The molecule has 0 saturated heterocycles. The molecule has 0 unspecified atom stereocenters. The van der Waals surface area contributed by atoms with Gasteiger partial charge < -0.3 is 14.5 Å². The average molecular weight is 344 g/mol. The fraction of sp³-hybridized carbons (Fsp3) is 0.235. The van der Waals surface area contributed by atoms with Crippen molar-refractivity contribution >= 4 is 5.91 Å². The molecule has 3 rings (SSSR count). The van der Waals surface area contributed by atoms with Gasteiger partial charge >= 0.3 is 0 Å². The Labute approximate surface area is 143 Å². The Morgan fingerprint density at radius 3 is 3.04 bits per heavy atom. The number of rotatable bonds is 8. The van der Waals surface area contributed by atoms with Gasteiger partial charge in [0.1, 0.15) is 36.2 Å². The lowest BCUT2D eigenvalue weighted by atomic mass is 10.3. The molecule has 7 nitrogen and oxygen atoms in total. The van der Waals surface area contributed by atoms with E-state index < -0.39 is 0 Å². The molecule has 0 aliphatic carbocycles. The summed E-state index contributed by atoms with van der Waals surface area (Å²) in [6.45, 7) is 0.686. The Balaban J connectivity index is 1.42. The minimum Gasteiger partial charge on any atom is -0.487 e. The van der Waals surface area contributed by atoms with Gasteiger partial charge in [0, 0.05) is 19.0 Å². The third-order valence-electron chi connectivity index (χ3n) is 3.35. The summed E-state index contributed by atoms with van der Waals surface area (Å²) < 4.78 is 25.1. The second-order valence-corrected chi connectivity index (χ2v) is 5.33. The molecular weight excluding hydrogens is 327 g/mol. The highest BCUT2D eigenvalue weighted by Crippen LogP contribution is 2.13. The van der Waals surface area contributed by atoms with Crippen molar-refractivity contribution in [2.24, 2.45) is 0 Å². The standard InChI is InChI=1S/C17H17FN4O3/c18-13-3-1-4-16(9-13)25-12-14-10-22(21-20-14)11-17(23)19-7-6-15-5-2-8-24-15/h1-5,8-10H,6-7,11-12H2,(H,19,23). The lowest BCUT2D eigenvalue weighted by Crippen LogP contribution is -2.29. The molecular formula is C17H17FN4O3. The van der Waals surface area contributed by atoms with E-state index in [0.29, 0.717) is 24.4 Å². The van der Waals surface area contributed by atoms with Crippen molar-refractivity contribution in [2.75, 3.05) is 6.54 Å². The predicted molar refractivity (Wildman–Crippen MR) is 86.2 cm³/mol. The molecule has 0 aliphatic heterocycles. The fourth-order valence-electron chi connectivity index (χ4n) is 2.18. The zero-order valence-electron chi connectivity index (χ0n) is 13.4. The highest BCUT2D eigenvalue weighted by Gasteiger charge is 2.07. The van der Waals surface area contributed by atoms with E-state index in [0.717, 1.165) is 5.76 Å². The van der Waals surface area contributed by atoms with E-state index in [1.807, 2.05) is 6.07 Å². The Morgan fingerprint density at radius 1 is 1.32 bits per heavy atom. The van der Waals surface area contributed by atoms with Crippen LogP contribution in [0.25, 0.3) is 0 Å². The van der Waals surface area contributed by atoms with Crippen molar-refractivity contribution in [2.45, 2.75) is 19.6 Å². The van der Waals surface area contributed by atoms with Crippen LogP contribution in [-0.2, 0) is 24.4 Å². The SMILES string of the molecule is O=C(Cn1cc(COc2cccc(F)c2)nn1)NCCc1ccco1. The molecule has 3 aromatic rings. The molecule has 0 fully saturated rings. The van der Waals surface area contributed by atoms with Gasteiger partial charge in [0.05, 0.1) is 12.5 Å². The molecule has 0 spiro atoms. The molecule has 8 heteroatoms. The number of carbonyl (C=O) groups is 1. The maximum atomic E-state index is 13.1. The molecule has 0 bridgehead atoms. The number of hydrogen-bond acceptors (Lipinski definition) is 5. The van der Waals surface area contributed by atoms with Gasteiger partial charge in [-0.3, -0.25) is 4.79 Å². The molecule has 0 aliphatic rings. The van der Waals surface area contributed by atoms with Crippen LogP contribution in [0, 0.1) is 5.82 Å². The molecule has 1 N–H and O–H groups in total. The summed E-state index contributed by atoms with van der Waals surface area (Å²) in [5.41, 5.74) is 0.549. The van der Waals surface area contributed by atoms with Crippen LogP contribution < -0.4 is 10.1 Å². The van der Waals surface area contributed by atoms with Crippen LogP contribution >= 0.6 is 0 Å². The van der Waals surface area contributed by atoms with Crippen LogP contribution in [0.15, 0.2) is 53.3 Å². The molecule has 130 valence electrons. The number of hydrogen-bond donors (Lipinski definition) is 1. The van der Waals surface area contributed by atoms with E-state index in [-0.39, 0.29) is 24.9 Å². The first-order valence-electron chi connectivity index (χ1n) is 7.75. The highest BCUT2D eigenvalue weighted by atomic mass is 19.1. The summed E-state index contributed by atoms with van der Waals surface area (Å²) in [4.78, 5) is 11.9. The number of halogens is 1. The molecule has 0 radical (unpaired) electrons. The van der Waals surface area contributed by atoms with E-state index in [9.17, 15) is 9.18 Å². The Bertz CT molecular complexity index is 817. The molecule has 0 saturated carbocycles. The molecule has 2 aromatic heterocycles. The number of ether oxygens (including phenoxy) is 1. The lowest BCUT2D eigenvalue weighted by Gasteiger charge is -2.04. The zero-order valence-corrected chi connectivity index (χ0v) is 13.4. The van der Waals surface area contributed by atoms with Gasteiger partial charge in [-0.1, -0.05) is 11.3 Å². The summed E-state index contributed by atoms with van der Waals surface area (Å²) in [5, 5.41) is 10.6. The number of aromatic nitrogens is 3. The van der Waals surface area contributed by atoms with E-state index in [4.69, 9.17) is 9.15 Å². The van der Waals surface area contributed by atoms with Crippen molar-refractivity contribution in [3.8, 4) is 5.75 Å². The molecule has 0 atom stereocenters. The zero-order chi connectivity index (χ0) is 17.5. The summed E-state index contributed by atoms with van der Waals surface area (Å²) >= 11 is 0. The largest absolute Gasteiger partial charge is 0.487 e. The van der Waals surface area contributed by atoms with Gasteiger partial charge in [-0.15, -0.1) is 5.10 Å². The van der Waals surface area contributed by atoms with Crippen LogP contribution in [0.5, 0.6) is 5.75 Å². The van der Waals surface area contributed by atoms with Crippen LogP contribution in [0.1, 0.15) is 11.5 Å². The summed E-state index contributed by atoms with van der Waals surface area (Å²) in [6.07, 6.45) is 3.84. The highest BCUT2D eigenvalue weighted by molar-refractivity contribution is 5.75. The number of nitrogens with zero attached hydrogens (tertiary/aromatic N) is 3. The maximum Gasteiger partial charge on any atom is 0.241 e. The topological polar surface area (TPSA) is 82.2 Å². The first-order chi connectivity index (χ1) is 12.2. The molecule has 2 heterocycles. The number of nitrogens with one attached hydrogen (secondary N) is 1. The van der Waals surface area contributed by atoms with E-state index in [2.05, 4.69) is 15.6 Å². The molecule has 25 heavy (non-hydrogen) atoms. The first kappa shape index (κ1) is 16.7. The first-order valence-corrected chi connectivity index (χ1v) is 7.75. The van der Waals surface area contributed by atoms with Crippen LogP contribution in [0.3, 0.4) is 0 Å². The maximum absolute atomic E-state index is 13.1. The fourth-order valence-corrected chi connectivity index (χ4v) is 2.18. The van der Waals surface area contributed by atoms with Crippen LogP contribution in [0.2, 0.25) is 0 Å².